The summed E-state index contributed by atoms with van der Waals surface area (Å²) in [7, 11) is 0. The van der Waals surface area contributed by atoms with Crippen LogP contribution in [0.15, 0.2) is 47.4 Å². The van der Waals surface area contributed by atoms with Crippen LogP contribution in [0.4, 0.5) is 0 Å². The molecule has 1 aliphatic heterocycles. The third kappa shape index (κ3) is 4.73. The molecule has 1 amide bonds. The van der Waals surface area contributed by atoms with Crippen LogP contribution in [0.2, 0.25) is 0 Å². The number of hydrogen-bond acceptors (Lipinski definition) is 5. The summed E-state index contributed by atoms with van der Waals surface area (Å²) in [6.45, 7) is 8.10. The number of piperidine rings is 1. The van der Waals surface area contributed by atoms with Crippen molar-refractivity contribution >= 4 is 16.8 Å². The highest BCUT2D eigenvalue weighted by molar-refractivity contribution is 5.83. The van der Waals surface area contributed by atoms with E-state index in [1.54, 1.807) is 13.0 Å². The molecule has 194 valence electrons. The molecule has 9 nitrogen and oxygen atoms in total. The molecule has 2 aromatic carbocycles. The molecule has 0 saturated carbocycles. The second-order valence-corrected chi connectivity index (χ2v) is 10.3. The van der Waals surface area contributed by atoms with Gasteiger partial charge in [0.15, 0.2) is 5.82 Å². The first-order valence-corrected chi connectivity index (χ1v) is 12.8. The van der Waals surface area contributed by atoms with Gasteiger partial charge in [0.25, 0.3) is 0 Å². The van der Waals surface area contributed by atoms with E-state index in [0.717, 1.165) is 49.8 Å². The Hall–Kier alpha value is -4.01. The lowest BCUT2D eigenvalue weighted by molar-refractivity contribution is -0.130. The molecule has 3 N–H and O–H groups in total. The van der Waals surface area contributed by atoms with E-state index in [9.17, 15) is 19.8 Å². The Bertz CT molecular complexity index is 1500. The number of nitrogens with one attached hydrogen (secondary N) is 1. The molecule has 0 spiro atoms. The number of likely N-dealkylation sites (tertiary alicyclic amines) is 1. The summed E-state index contributed by atoms with van der Waals surface area (Å²) in [5.74, 6) is 0.923. The standard InChI is InChI=1S/C28H33N5O4/c1-17(2)22-15-23(26(36)16-25(22)35)27-29-30-28(37)33(27)21-4-5-24-20(14-21)9-13-32(24)12-8-19-6-10-31(11-7-19)18(3)34/h4-5,9,13-17,19,35-36H,6-8,10-12H2,1-3H3,(H,30,37). The first-order valence-electron chi connectivity index (χ1n) is 12.8. The molecule has 0 radical (unpaired) electrons. The molecular weight excluding hydrogens is 470 g/mol. The number of carbonyl (C=O) groups is 1. The predicted molar refractivity (Wildman–Crippen MR) is 142 cm³/mol. The van der Waals surface area contributed by atoms with Gasteiger partial charge in [0.05, 0.1) is 11.3 Å². The fourth-order valence-electron chi connectivity index (χ4n) is 5.33. The second kappa shape index (κ2) is 9.80. The lowest BCUT2D eigenvalue weighted by atomic mass is 9.93. The van der Waals surface area contributed by atoms with Crippen molar-refractivity contribution in [3.63, 3.8) is 0 Å². The topological polar surface area (TPSA) is 116 Å². The third-order valence-corrected chi connectivity index (χ3v) is 7.53. The molecule has 1 saturated heterocycles. The van der Waals surface area contributed by atoms with Crippen molar-refractivity contribution in [2.75, 3.05) is 13.1 Å². The zero-order chi connectivity index (χ0) is 26.3. The summed E-state index contributed by atoms with van der Waals surface area (Å²) in [5, 5.41) is 28.5. The minimum Gasteiger partial charge on any atom is -0.508 e. The van der Waals surface area contributed by atoms with Gasteiger partial charge < -0.3 is 19.7 Å². The first-order chi connectivity index (χ1) is 17.7. The highest BCUT2D eigenvalue weighted by atomic mass is 16.3. The molecule has 0 bridgehead atoms. The van der Waals surface area contributed by atoms with Gasteiger partial charge in [-0.2, -0.15) is 5.10 Å². The lowest BCUT2D eigenvalue weighted by Crippen LogP contribution is -2.37. The molecule has 1 aliphatic rings. The van der Waals surface area contributed by atoms with Gasteiger partial charge in [0, 0.05) is 49.7 Å². The van der Waals surface area contributed by atoms with E-state index in [0.29, 0.717) is 22.7 Å². The minimum absolute atomic E-state index is 0.00727. The van der Waals surface area contributed by atoms with Crippen LogP contribution in [0.5, 0.6) is 11.5 Å². The van der Waals surface area contributed by atoms with E-state index >= 15 is 0 Å². The Morgan fingerprint density at radius 3 is 2.57 bits per heavy atom. The second-order valence-electron chi connectivity index (χ2n) is 10.3. The molecule has 0 atom stereocenters. The van der Waals surface area contributed by atoms with Gasteiger partial charge in [-0.3, -0.25) is 4.79 Å². The molecule has 37 heavy (non-hydrogen) atoms. The molecule has 9 heteroatoms. The van der Waals surface area contributed by atoms with Crippen LogP contribution >= 0.6 is 0 Å². The van der Waals surface area contributed by atoms with Crippen molar-refractivity contribution in [1.82, 2.24) is 24.2 Å². The van der Waals surface area contributed by atoms with Crippen molar-refractivity contribution in [3.8, 4) is 28.6 Å². The zero-order valence-corrected chi connectivity index (χ0v) is 21.4. The maximum Gasteiger partial charge on any atom is 0.348 e. The van der Waals surface area contributed by atoms with E-state index in [1.165, 1.54) is 10.6 Å². The molecule has 5 rings (SSSR count). The highest BCUT2D eigenvalue weighted by Crippen LogP contribution is 2.37. The molecule has 0 unspecified atom stereocenters. The monoisotopic (exact) mass is 503 g/mol. The smallest absolute Gasteiger partial charge is 0.348 e. The molecule has 3 heterocycles. The molecule has 4 aromatic rings. The number of rotatable bonds is 6. The van der Waals surface area contributed by atoms with E-state index in [1.807, 2.05) is 43.0 Å². The van der Waals surface area contributed by atoms with Crippen LogP contribution in [0.3, 0.4) is 0 Å². The van der Waals surface area contributed by atoms with Gasteiger partial charge in [-0.15, -0.1) is 0 Å². The molecule has 0 aliphatic carbocycles. The fourth-order valence-corrected chi connectivity index (χ4v) is 5.33. The Morgan fingerprint density at radius 2 is 1.86 bits per heavy atom. The number of amides is 1. The molecule has 1 fully saturated rings. The Kier molecular flexibility index (Phi) is 6.54. The molecule has 2 aromatic heterocycles. The predicted octanol–water partition coefficient (Wildman–Crippen LogP) is 4.37. The maximum absolute atomic E-state index is 12.8. The summed E-state index contributed by atoms with van der Waals surface area (Å²) < 4.78 is 3.67. The number of carbonyl (C=O) groups excluding carboxylic acids is 1. The summed E-state index contributed by atoms with van der Waals surface area (Å²) in [6.07, 6.45) is 5.20. The number of phenols is 2. The van der Waals surface area contributed by atoms with Gasteiger partial charge in [-0.05, 0) is 67.0 Å². The van der Waals surface area contributed by atoms with Gasteiger partial charge in [-0.25, -0.2) is 14.5 Å². The number of phenolic OH excluding ortho intramolecular Hbond substituents is 2. The van der Waals surface area contributed by atoms with Gasteiger partial charge in [0.2, 0.25) is 5.91 Å². The number of benzene rings is 2. The third-order valence-electron chi connectivity index (χ3n) is 7.53. The number of fused-ring (bicyclic) bond motifs is 1. The Balaban J connectivity index is 1.41. The van der Waals surface area contributed by atoms with Crippen LogP contribution in [0.1, 0.15) is 51.5 Å². The summed E-state index contributed by atoms with van der Waals surface area (Å²) in [6, 6.07) is 10.8. The Morgan fingerprint density at radius 1 is 1.11 bits per heavy atom. The van der Waals surface area contributed by atoms with Crippen molar-refractivity contribution in [2.24, 2.45) is 5.92 Å². The van der Waals surface area contributed by atoms with Crippen molar-refractivity contribution in [2.45, 2.75) is 52.5 Å². The number of nitrogens with zero attached hydrogens (tertiary/aromatic N) is 4. The van der Waals surface area contributed by atoms with Crippen molar-refractivity contribution < 1.29 is 15.0 Å². The largest absolute Gasteiger partial charge is 0.508 e. The van der Waals surface area contributed by atoms with E-state index < -0.39 is 5.69 Å². The summed E-state index contributed by atoms with van der Waals surface area (Å²) in [5.41, 5.74) is 2.33. The fraction of sp³-hybridized carbons (Fsp3) is 0.393. The summed E-state index contributed by atoms with van der Waals surface area (Å²) >= 11 is 0. The van der Waals surface area contributed by atoms with Crippen LogP contribution in [-0.4, -0.2) is 53.4 Å². The first kappa shape index (κ1) is 24.7. The van der Waals surface area contributed by atoms with Crippen molar-refractivity contribution in [1.29, 1.82) is 0 Å². The van der Waals surface area contributed by atoms with Crippen LogP contribution in [-0.2, 0) is 11.3 Å². The van der Waals surface area contributed by atoms with Crippen LogP contribution in [0, 0.1) is 5.92 Å². The number of hydrogen-bond donors (Lipinski definition) is 3. The van der Waals surface area contributed by atoms with E-state index in [2.05, 4.69) is 21.0 Å². The molecular formula is C28H33N5O4. The number of H-pyrrole nitrogens is 1. The van der Waals surface area contributed by atoms with Crippen LogP contribution < -0.4 is 5.69 Å². The SMILES string of the molecule is CC(=O)N1CCC(CCn2ccc3cc(-n4c(-c5cc(C(C)C)c(O)cc5O)n[nH]c4=O)ccc32)CC1. The minimum atomic E-state index is -0.413. The van der Waals surface area contributed by atoms with Crippen molar-refractivity contribution in [3.05, 3.63) is 58.6 Å². The van der Waals surface area contributed by atoms with E-state index in [-0.39, 0.29) is 29.1 Å². The zero-order valence-electron chi connectivity index (χ0n) is 21.4. The summed E-state index contributed by atoms with van der Waals surface area (Å²) in [4.78, 5) is 26.3. The quantitative estimate of drug-likeness (QED) is 0.361. The van der Waals surface area contributed by atoms with Crippen LogP contribution in [0.25, 0.3) is 28.0 Å². The average Bonchev–Trinajstić information content (AvgIpc) is 3.45. The van der Waals surface area contributed by atoms with E-state index in [4.69, 9.17) is 0 Å². The Labute approximate surface area is 215 Å². The normalized spacial score (nSPS) is 14.6. The van der Waals surface area contributed by atoms with Gasteiger partial charge in [-0.1, -0.05) is 13.8 Å². The number of aryl methyl sites for hydroxylation is 1. The number of aromatic amines is 1. The maximum atomic E-state index is 12.8. The number of aromatic hydroxyl groups is 2. The average molecular weight is 504 g/mol. The van der Waals surface area contributed by atoms with Gasteiger partial charge in [0.1, 0.15) is 11.5 Å². The lowest BCUT2D eigenvalue weighted by Gasteiger charge is -2.31. The van der Waals surface area contributed by atoms with Gasteiger partial charge >= 0.3 is 5.69 Å². The number of aromatic nitrogens is 4. The highest BCUT2D eigenvalue weighted by Gasteiger charge is 2.22.